The Morgan fingerprint density at radius 3 is 2.46 bits per heavy atom. The number of hydrogen-bond acceptors (Lipinski definition) is 4. The summed E-state index contributed by atoms with van der Waals surface area (Å²) in [5.41, 5.74) is 4.05. The highest BCUT2D eigenvalue weighted by Crippen LogP contribution is 2.40. The summed E-state index contributed by atoms with van der Waals surface area (Å²) in [6.45, 7) is 0.427. The summed E-state index contributed by atoms with van der Waals surface area (Å²) in [4.78, 5) is 25.0. The molecule has 1 aliphatic rings. The molecule has 0 aliphatic carbocycles. The van der Waals surface area contributed by atoms with E-state index in [0.717, 1.165) is 16.7 Å². The third-order valence-electron chi connectivity index (χ3n) is 5.11. The van der Waals surface area contributed by atoms with Crippen LogP contribution in [0.3, 0.4) is 0 Å². The van der Waals surface area contributed by atoms with E-state index in [-0.39, 0.29) is 11.7 Å². The minimum atomic E-state index is -0.409. The molecule has 1 unspecified atom stereocenters. The van der Waals surface area contributed by atoms with Crippen molar-refractivity contribution in [2.75, 3.05) is 7.11 Å². The molecule has 0 bridgehead atoms. The van der Waals surface area contributed by atoms with E-state index >= 15 is 0 Å². The highest BCUT2D eigenvalue weighted by molar-refractivity contribution is 5.97. The molecule has 0 saturated heterocycles. The summed E-state index contributed by atoms with van der Waals surface area (Å²) >= 11 is 0. The highest BCUT2D eigenvalue weighted by Gasteiger charge is 2.28. The van der Waals surface area contributed by atoms with Crippen LogP contribution < -0.4 is 4.74 Å². The first kappa shape index (κ1) is 18.0. The zero-order valence-electron chi connectivity index (χ0n) is 15.6. The smallest absolute Gasteiger partial charge is 0.337 e. The van der Waals surface area contributed by atoms with Gasteiger partial charge in [0, 0.05) is 23.5 Å². The van der Waals surface area contributed by atoms with Gasteiger partial charge in [0.1, 0.15) is 12.4 Å². The van der Waals surface area contributed by atoms with Crippen LogP contribution in [0, 0.1) is 0 Å². The number of hydrogen-bond donors (Lipinski definition) is 0. The maximum Gasteiger partial charge on any atom is 0.337 e. The number of carbonyl (C=O) groups is 2. The first-order valence-electron chi connectivity index (χ1n) is 9.18. The molecule has 0 saturated carbocycles. The molecular weight excluding hydrogens is 352 g/mol. The summed E-state index contributed by atoms with van der Waals surface area (Å²) in [5, 5.41) is 0. The number of Topliss-reactive ketones (excluding diaryl/α,β-unsaturated/α-hetero) is 1. The summed E-state index contributed by atoms with van der Waals surface area (Å²) < 4.78 is 10.9. The summed E-state index contributed by atoms with van der Waals surface area (Å²) in [6, 6.07) is 22.5. The van der Waals surface area contributed by atoms with Gasteiger partial charge in [0.15, 0.2) is 5.78 Å². The molecule has 0 amide bonds. The van der Waals surface area contributed by atoms with Crippen LogP contribution in [0.25, 0.3) is 0 Å². The lowest BCUT2D eigenvalue weighted by Crippen LogP contribution is -2.11. The molecule has 0 fully saturated rings. The van der Waals surface area contributed by atoms with E-state index in [1.54, 1.807) is 18.2 Å². The van der Waals surface area contributed by atoms with Crippen LogP contribution in [-0.4, -0.2) is 18.9 Å². The number of ether oxygens (including phenoxy) is 2. The van der Waals surface area contributed by atoms with Gasteiger partial charge in [0.2, 0.25) is 0 Å². The van der Waals surface area contributed by atoms with Crippen LogP contribution in [0.15, 0.2) is 72.8 Å². The van der Waals surface area contributed by atoms with Crippen LogP contribution in [-0.2, 0) is 11.3 Å². The SMILES string of the molecule is COC(=O)c1ccc2c(c1)C(CC(=O)c1ccccc1)c1ccccc1CO2. The lowest BCUT2D eigenvalue weighted by atomic mass is 9.83. The maximum atomic E-state index is 13.0. The van der Waals surface area contributed by atoms with Crippen molar-refractivity contribution >= 4 is 11.8 Å². The lowest BCUT2D eigenvalue weighted by molar-refractivity contribution is 0.0600. The Bertz CT molecular complexity index is 1020. The Morgan fingerprint density at radius 2 is 1.68 bits per heavy atom. The van der Waals surface area contributed by atoms with Crippen LogP contribution >= 0.6 is 0 Å². The zero-order chi connectivity index (χ0) is 19.5. The number of benzene rings is 3. The molecule has 140 valence electrons. The monoisotopic (exact) mass is 372 g/mol. The molecule has 0 aromatic heterocycles. The predicted octanol–water partition coefficient (Wildman–Crippen LogP) is 4.77. The Hall–Kier alpha value is -3.40. The Kier molecular flexibility index (Phi) is 4.94. The molecule has 28 heavy (non-hydrogen) atoms. The van der Waals surface area contributed by atoms with Gasteiger partial charge >= 0.3 is 5.97 Å². The van der Waals surface area contributed by atoms with Crippen LogP contribution in [0.5, 0.6) is 5.75 Å². The second-order valence-corrected chi connectivity index (χ2v) is 6.78. The molecule has 4 nitrogen and oxygen atoms in total. The number of esters is 1. The number of methoxy groups -OCH3 is 1. The average Bonchev–Trinajstić information content (AvgIpc) is 2.90. The fraction of sp³-hybridized carbons (Fsp3) is 0.167. The van der Waals surface area contributed by atoms with E-state index in [2.05, 4.69) is 0 Å². The minimum absolute atomic E-state index is 0.0525. The van der Waals surface area contributed by atoms with E-state index in [0.29, 0.717) is 29.9 Å². The topological polar surface area (TPSA) is 52.6 Å². The van der Waals surface area contributed by atoms with Gasteiger partial charge in [0.05, 0.1) is 12.7 Å². The zero-order valence-corrected chi connectivity index (χ0v) is 15.6. The van der Waals surface area contributed by atoms with Crippen molar-refractivity contribution in [3.8, 4) is 5.75 Å². The molecule has 0 N–H and O–H groups in total. The number of ketones is 1. The largest absolute Gasteiger partial charge is 0.489 e. The lowest BCUT2D eigenvalue weighted by Gasteiger charge is -2.19. The minimum Gasteiger partial charge on any atom is -0.489 e. The second-order valence-electron chi connectivity index (χ2n) is 6.78. The standard InChI is InChI=1S/C24H20O4/c1-27-24(26)17-11-12-23-21(13-17)20(14-22(25)16-7-3-2-4-8-16)19-10-6-5-9-18(19)15-28-23/h2-13,20H,14-15H2,1H3. The van der Waals surface area contributed by atoms with Crippen LogP contribution in [0.1, 0.15) is 49.7 Å². The second kappa shape index (κ2) is 7.69. The predicted molar refractivity (Wildman–Crippen MR) is 106 cm³/mol. The third kappa shape index (κ3) is 3.41. The molecule has 1 heterocycles. The van der Waals surface area contributed by atoms with Gasteiger partial charge < -0.3 is 9.47 Å². The molecule has 3 aromatic carbocycles. The maximum absolute atomic E-state index is 13.0. The van der Waals surface area contributed by atoms with E-state index in [1.807, 2.05) is 54.6 Å². The first-order chi connectivity index (χ1) is 13.7. The normalized spacial score (nSPS) is 14.8. The van der Waals surface area contributed by atoms with Crippen LogP contribution in [0.2, 0.25) is 0 Å². The van der Waals surface area contributed by atoms with Crippen molar-refractivity contribution in [1.82, 2.24) is 0 Å². The quantitative estimate of drug-likeness (QED) is 0.489. The van der Waals surface area contributed by atoms with Gasteiger partial charge in [-0.25, -0.2) is 4.79 Å². The van der Waals surface area contributed by atoms with Gasteiger partial charge in [0.25, 0.3) is 0 Å². The van der Waals surface area contributed by atoms with Crippen LogP contribution in [0.4, 0.5) is 0 Å². The van der Waals surface area contributed by atoms with E-state index in [1.165, 1.54) is 7.11 Å². The number of carbonyl (C=O) groups excluding carboxylic acids is 2. The van der Waals surface area contributed by atoms with Crippen molar-refractivity contribution in [1.29, 1.82) is 0 Å². The van der Waals surface area contributed by atoms with Gasteiger partial charge in [-0.1, -0.05) is 54.6 Å². The fourth-order valence-corrected chi connectivity index (χ4v) is 3.67. The fourth-order valence-electron chi connectivity index (χ4n) is 3.67. The van der Waals surface area contributed by atoms with Gasteiger partial charge in [-0.05, 0) is 29.3 Å². The van der Waals surface area contributed by atoms with E-state index < -0.39 is 5.97 Å². The van der Waals surface area contributed by atoms with E-state index in [4.69, 9.17) is 9.47 Å². The molecular formula is C24H20O4. The highest BCUT2D eigenvalue weighted by atomic mass is 16.5. The molecule has 4 heteroatoms. The molecule has 1 aliphatic heterocycles. The summed E-state index contributed by atoms with van der Waals surface area (Å²) in [5.74, 6) is 0.130. The Balaban J connectivity index is 1.81. The average molecular weight is 372 g/mol. The van der Waals surface area contributed by atoms with Gasteiger partial charge in [-0.3, -0.25) is 4.79 Å². The number of rotatable bonds is 4. The van der Waals surface area contributed by atoms with Crippen molar-refractivity contribution < 1.29 is 19.1 Å². The molecule has 3 aromatic rings. The van der Waals surface area contributed by atoms with Crippen molar-refractivity contribution in [3.63, 3.8) is 0 Å². The third-order valence-corrected chi connectivity index (χ3v) is 5.11. The van der Waals surface area contributed by atoms with Gasteiger partial charge in [-0.15, -0.1) is 0 Å². The van der Waals surface area contributed by atoms with E-state index in [9.17, 15) is 9.59 Å². The summed E-state index contributed by atoms with van der Waals surface area (Å²) in [6.07, 6.45) is 0.294. The Labute approximate surface area is 163 Å². The molecule has 1 atom stereocenters. The summed E-state index contributed by atoms with van der Waals surface area (Å²) in [7, 11) is 1.36. The van der Waals surface area contributed by atoms with Gasteiger partial charge in [-0.2, -0.15) is 0 Å². The molecule has 4 rings (SSSR count). The van der Waals surface area contributed by atoms with Crippen molar-refractivity contribution in [2.45, 2.75) is 18.9 Å². The first-order valence-corrected chi connectivity index (χ1v) is 9.18. The molecule has 0 radical (unpaired) electrons. The Morgan fingerprint density at radius 1 is 0.929 bits per heavy atom. The van der Waals surface area contributed by atoms with Crippen molar-refractivity contribution in [2.24, 2.45) is 0 Å². The molecule has 0 spiro atoms. The number of fused-ring (bicyclic) bond motifs is 2. The van der Waals surface area contributed by atoms with Crippen molar-refractivity contribution in [3.05, 3.63) is 101 Å².